The minimum atomic E-state index is -0.0415. The summed E-state index contributed by atoms with van der Waals surface area (Å²) in [6, 6.07) is 20.4. The van der Waals surface area contributed by atoms with Gasteiger partial charge in [0.25, 0.3) is 5.91 Å². The molecule has 2 aromatic carbocycles. The van der Waals surface area contributed by atoms with Crippen LogP contribution in [0.25, 0.3) is 11.3 Å². The first-order valence-electron chi connectivity index (χ1n) is 12.7. The summed E-state index contributed by atoms with van der Waals surface area (Å²) in [5.74, 6) is -0.0277. The normalized spacial score (nSPS) is 17.1. The molecule has 6 heteroatoms. The molecule has 1 aromatic heterocycles. The van der Waals surface area contributed by atoms with Crippen LogP contribution in [0, 0.1) is 0 Å². The molecule has 2 heterocycles. The van der Waals surface area contributed by atoms with Crippen LogP contribution in [-0.2, 0) is 13.0 Å². The van der Waals surface area contributed by atoms with Gasteiger partial charge in [-0.05, 0) is 24.8 Å². The summed E-state index contributed by atoms with van der Waals surface area (Å²) in [4.78, 5) is 29.9. The fourth-order valence-electron chi connectivity index (χ4n) is 5.44. The number of aryl methyl sites for hydroxylation is 1. The molecule has 0 unspecified atom stereocenters. The first-order valence-corrected chi connectivity index (χ1v) is 12.7. The van der Waals surface area contributed by atoms with E-state index in [1.807, 2.05) is 58.0 Å². The summed E-state index contributed by atoms with van der Waals surface area (Å²) >= 11 is 0. The van der Waals surface area contributed by atoms with Gasteiger partial charge in [0, 0.05) is 44.3 Å². The number of hydrogen-bond donors (Lipinski definition) is 1. The first kappa shape index (κ1) is 22.7. The van der Waals surface area contributed by atoms with E-state index >= 15 is 0 Å². The van der Waals surface area contributed by atoms with E-state index in [2.05, 4.69) is 17.4 Å². The number of nitrogens with zero attached hydrogens (tertiary/aromatic N) is 3. The molecular formula is C28H34N4O2. The summed E-state index contributed by atoms with van der Waals surface area (Å²) < 4.78 is 3.74. The lowest BCUT2D eigenvalue weighted by atomic mass is 9.94. The number of aromatic nitrogens is 2. The first-order chi connectivity index (χ1) is 16.7. The van der Waals surface area contributed by atoms with Crippen molar-refractivity contribution in [2.75, 3.05) is 26.2 Å². The van der Waals surface area contributed by atoms with Crippen molar-refractivity contribution < 1.29 is 4.79 Å². The number of piperazine rings is 1. The molecule has 178 valence electrons. The van der Waals surface area contributed by atoms with Crippen LogP contribution in [0.3, 0.4) is 0 Å². The highest BCUT2D eigenvalue weighted by Gasteiger charge is 2.32. The molecule has 6 nitrogen and oxygen atoms in total. The average Bonchev–Trinajstić information content (AvgIpc) is 3.21. The second-order valence-electron chi connectivity index (χ2n) is 9.44. The predicted molar refractivity (Wildman–Crippen MR) is 135 cm³/mol. The Morgan fingerprint density at radius 1 is 0.882 bits per heavy atom. The third-order valence-corrected chi connectivity index (χ3v) is 7.23. The van der Waals surface area contributed by atoms with Crippen LogP contribution in [0.1, 0.15) is 54.2 Å². The molecule has 1 saturated carbocycles. The number of nitrogens with one attached hydrogen (secondary N) is 1. The lowest BCUT2D eigenvalue weighted by molar-refractivity contribution is 0.0725. The summed E-state index contributed by atoms with van der Waals surface area (Å²) in [6.45, 7) is 3.38. The van der Waals surface area contributed by atoms with Crippen LogP contribution >= 0.6 is 0 Å². The molecule has 2 aliphatic rings. The zero-order chi connectivity index (χ0) is 23.3. The van der Waals surface area contributed by atoms with Crippen molar-refractivity contribution in [2.45, 2.75) is 51.1 Å². The van der Waals surface area contributed by atoms with Crippen LogP contribution in [0.2, 0.25) is 0 Å². The van der Waals surface area contributed by atoms with Crippen molar-refractivity contribution in [3.63, 3.8) is 0 Å². The minimum absolute atomic E-state index is 0.0277. The van der Waals surface area contributed by atoms with Gasteiger partial charge in [0.1, 0.15) is 5.69 Å². The number of carbonyl (C=O) groups is 1. The molecule has 0 spiro atoms. The lowest BCUT2D eigenvalue weighted by Crippen LogP contribution is -2.47. The van der Waals surface area contributed by atoms with E-state index < -0.39 is 0 Å². The van der Waals surface area contributed by atoms with Crippen molar-refractivity contribution >= 4 is 5.91 Å². The molecule has 0 atom stereocenters. The maximum Gasteiger partial charge on any atom is 0.329 e. The fourth-order valence-corrected chi connectivity index (χ4v) is 5.44. The molecule has 3 aromatic rings. The van der Waals surface area contributed by atoms with Gasteiger partial charge in [-0.25, -0.2) is 4.79 Å². The molecule has 2 fully saturated rings. The maximum atomic E-state index is 14.0. The van der Waals surface area contributed by atoms with Crippen molar-refractivity contribution in [1.29, 1.82) is 0 Å². The summed E-state index contributed by atoms with van der Waals surface area (Å²) in [7, 11) is 0. The molecule has 1 saturated heterocycles. The van der Waals surface area contributed by atoms with E-state index in [1.54, 1.807) is 4.57 Å². The minimum Gasteiger partial charge on any atom is -0.335 e. The van der Waals surface area contributed by atoms with Gasteiger partial charge < -0.3 is 10.2 Å². The third-order valence-electron chi connectivity index (χ3n) is 7.23. The Morgan fingerprint density at radius 2 is 1.53 bits per heavy atom. The van der Waals surface area contributed by atoms with Gasteiger partial charge in [-0.2, -0.15) is 0 Å². The highest BCUT2D eigenvalue weighted by atomic mass is 16.2. The van der Waals surface area contributed by atoms with Gasteiger partial charge >= 0.3 is 5.69 Å². The molecule has 34 heavy (non-hydrogen) atoms. The SMILES string of the molecule is O=C(c1c(-c2ccccc2)n(C2CCCCC2)c(=O)n1CCc1ccccc1)N1CCNCC1. The van der Waals surface area contributed by atoms with Gasteiger partial charge in [-0.15, -0.1) is 0 Å². The molecule has 1 N–H and O–H groups in total. The zero-order valence-electron chi connectivity index (χ0n) is 19.8. The summed E-state index contributed by atoms with van der Waals surface area (Å²) in [6.07, 6.45) is 6.16. The van der Waals surface area contributed by atoms with Gasteiger partial charge in [-0.1, -0.05) is 79.9 Å². The largest absolute Gasteiger partial charge is 0.335 e. The van der Waals surface area contributed by atoms with E-state index in [1.165, 1.54) is 12.0 Å². The quantitative estimate of drug-likeness (QED) is 0.605. The number of hydrogen-bond acceptors (Lipinski definition) is 3. The number of benzene rings is 2. The van der Waals surface area contributed by atoms with E-state index in [4.69, 9.17) is 0 Å². The van der Waals surface area contributed by atoms with Crippen LogP contribution in [0.15, 0.2) is 65.5 Å². The van der Waals surface area contributed by atoms with E-state index in [-0.39, 0.29) is 17.6 Å². The molecule has 0 bridgehead atoms. The maximum absolute atomic E-state index is 14.0. The van der Waals surface area contributed by atoms with Crippen molar-refractivity contribution in [3.05, 3.63) is 82.4 Å². The Hall–Kier alpha value is -3.12. The molecule has 0 radical (unpaired) electrons. The van der Waals surface area contributed by atoms with Gasteiger partial charge in [0.05, 0.1) is 5.69 Å². The van der Waals surface area contributed by atoms with Crippen LogP contribution in [0.5, 0.6) is 0 Å². The van der Waals surface area contributed by atoms with Crippen molar-refractivity contribution in [2.24, 2.45) is 0 Å². The molecule has 1 aliphatic carbocycles. The van der Waals surface area contributed by atoms with Crippen LogP contribution < -0.4 is 11.0 Å². The van der Waals surface area contributed by atoms with Crippen LogP contribution in [-0.4, -0.2) is 46.1 Å². The second kappa shape index (κ2) is 10.4. The molecule has 1 amide bonds. The fraction of sp³-hybridized carbons (Fsp3) is 0.429. The monoisotopic (exact) mass is 458 g/mol. The highest BCUT2D eigenvalue weighted by Crippen LogP contribution is 2.34. The van der Waals surface area contributed by atoms with E-state index in [0.29, 0.717) is 31.7 Å². The highest BCUT2D eigenvalue weighted by molar-refractivity contribution is 5.98. The lowest BCUT2D eigenvalue weighted by Gasteiger charge is -2.28. The molecule has 1 aliphatic heterocycles. The van der Waals surface area contributed by atoms with Gasteiger partial charge in [0.15, 0.2) is 0 Å². The van der Waals surface area contributed by atoms with Gasteiger partial charge in [0.2, 0.25) is 0 Å². The van der Waals surface area contributed by atoms with Crippen molar-refractivity contribution in [3.8, 4) is 11.3 Å². The number of rotatable bonds is 6. The Balaban J connectivity index is 1.66. The Labute approximate surface area is 201 Å². The van der Waals surface area contributed by atoms with E-state index in [9.17, 15) is 9.59 Å². The van der Waals surface area contributed by atoms with Crippen molar-refractivity contribution in [1.82, 2.24) is 19.4 Å². The third kappa shape index (κ3) is 4.60. The molecule has 5 rings (SSSR count). The number of carbonyl (C=O) groups excluding carboxylic acids is 1. The second-order valence-corrected chi connectivity index (χ2v) is 9.44. The number of imidazole rings is 1. The Bertz CT molecular complexity index is 1150. The predicted octanol–water partition coefficient (Wildman–Crippen LogP) is 4.11. The summed E-state index contributed by atoms with van der Waals surface area (Å²) in [5, 5.41) is 3.33. The summed E-state index contributed by atoms with van der Waals surface area (Å²) in [5.41, 5.74) is 3.43. The van der Waals surface area contributed by atoms with E-state index in [0.717, 1.165) is 50.0 Å². The smallest absolute Gasteiger partial charge is 0.329 e. The average molecular weight is 459 g/mol. The number of amides is 1. The van der Waals surface area contributed by atoms with Crippen LogP contribution in [0.4, 0.5) is 0 Å². The zero-order valence-corrected chi connectivity index (χ0v) is 19.8. The Morgan fingerprint density at radius 3 is 2.21 bits per heavy atom. The Kier molecular flexibility index (Phi) is 6.95. The topological polar surface area (TPSA) is 59.3 Å². The standard InChI is InChI=1S/C28H34N4O2/c33-27(30-20-17-29-18-21-30)26-25(23-12-6-2-7-13-23)32(24-14-8-3-9-15-24)28(34)31(26)19-16-22-10-4-1-5-11-22/h1-2,4-7,10-13,24,29H,3,8-9,14-21H2. The van der Waals surface area contributed by atoms with Gasteiger partial charge in [-0.3, -0.25) is 13.9 Å². The molecular weight excluding hydrogens is 424 g/mol.